The standard InChI is InChI=1S/C15H15ClF3NO2/c1-14(2,3)22-13(21)20-6-4-5-10-7-11(15(17,18)19)9-12(16)8-10/h7-9H,6H2,1-3H3,(H,20,21). The first-order valence-corrected chi connectivity index (χ1v) is 6.69. The molecule has 0 atom stereocenters. The molecule has 0 aliphatic carbocycles. The fraction of sp³-hybridized carbons (Fsp3) is 0.400. The molecule has 0 bridgehead atoms. The molecular weight excluding hydrogens is 319 g/mol. The van der Waals surface area contributed by atoms with Crippen LogP contribution in [0, 0.1) is 11.8 Å². The lowest BCUT2D eigenvalue weighted by molar-refractivity contribution is -0.137. The Kier molecular flexibility index (Phi) is 5.72. The van der Waals surface area contributed by atoms with Gasteiger partial charge in [-0.05, 0) is 39.0 Å². The maximum atomic E-state index is 12.6. The van der Waals surface area contributed by atoms with Gasteiger partial charge in [-0.2, -0.15) is 13.2 Å². The van der Waals surface area contributed by atoms with E-state index in [0.717, 1.165) is 12.1 Å². The van der Waals surface area contributed by atoms with E-state index in [1.807, 2.05) is 0 Å². The van der Waals surface area contributed by atoms with E-state index in [1.54, 1.807) is 20.8 Å². The van der Waals surface area contributed by atoms with E-state index in [4.69, 9.17) is 16.3 Å². The molecule has 0 unspecified atom stereocenters. The van der Waals surface area contributed by atoms with Gasteiger partial charge in [-0.1, -0.05) is 23.4 Å². The predicted octanol–water partition coefficient (Wildman–Crippen LogP) is 4.24. The molecule has 7 heteroatoms. The molecule has 0 saturated carbocycles. The molecule has 3 nitrogen and oxygen atoms in total. The largest absolute Gasteiger partial charge is 0.444 e. The molecule has 0 fully saturated rings. The fourth-order valence-corrected chi connectivity index (χ4v) is 1.64. The third-order valence-electron chi connectivity index (χ3n) is 2.18. The molecule has 0 spiro atoms. The average molecular weight is 334 g/mol. The van der Waals surface area contributed by atoms with Crippen molar-refractivity contribution >= 4 is 17.7 Å². The number of amides is 1. The van der Waals surface area contributed by atoms with Crippen molar-refractivity contribution in [2.75, 3.05) is 6.54 Å². The Balaban J connectivity index is 2.69. The van der Waals surface area contributed by atoms with Crippen molar-refractivity contribution in [1.29, 1.82) is 0 Å². The van der Waals surface area contributed by atoms with Gasteiger partial charge in [-0.15, -0.1) is 0 Å². The highest BCUT2D eigenvalue weighted by molar-refractivity contribution is 6.30. The van der Waals surface area contributed by atoms with Crippen LogP contribution in [-0.4, -0.2) is 18.2 Å². The van der Waals surface area contributed by atoms with Crippen LogP contribution in [0.15, 0.2) is 18.2 Å². The summed E-state index contributed by atoms with van der Waals surface area (Å²) in [4.78, 5) is 11.3. The van der Waals surface area contributed by atoms with Gasteiger partial charge in [0, 0.05) is 10.6 Å². The number of alkyl halides is 3. The molecule has 0 aliphatic heterocycles. The Bertz CT molecular complexity index is 610. The molecule has 0 radical (unpaired) electrons. The van der Waals surface area contributed by atoms with Gasteiger partial charge in [-0.3, -0.25) is 0 Å². The first kappa shape index (κ1) is 18.2. The normalized spacial score (nSPS) is 11.4. The molecule has 0 aromatic heterocycles. The van der Waals surface area contributed by atoms with Crippen LogP contribution >= 0.6 is 11.6 Å². The van der Waals surface area contributed by atoms with E-state index < -0.39 is 23.4 Å². The van der Waals surface area contributed by atoms with Crippen LogP contribution in [0.5, 0.6) is 0 Å². The molecule has 1 aromatic rings. The van der Waals surface area contributed by atoms with Crippen LogP contribution in [0.2, 0.25) is 5.02 Å². The summed E-state index contributed by atoms with van der Waals surface area (Å²) in [5.74, 6) is 5.05. The minimum atomic E-state index is -4.49. The van der Waals surface area contributed by atoms with Gasteiger partial charge in [0.2, 0.25) is 0 Å². The first-order chi connectivity index (χ1) is 9.97. The Morgan fingerprint density at radius 2 is 1.91 bits per heavy atom. The summed E-state index contributed by atoms with van der Waals surface area (Å²) < 4.78 is 42.8. The maximum Gasteiger partial charge on any atom is 0.416 e. The summed E-state index contributed by atoms with van der Waals surface area (Å²) in [6.07, 6.45) is -5.14. The molecule has 1 amide bonds. The molecule has 1 N–H and O–H groups in total. The van der Waals surface area contributed by atoms with Crippen LogP contribution in [0.25, 0.3) is 0 Å². The number of nitrogens with one attached hydrogen (secondary N) is 1. The number of hydrogen-bond donors (Lipinski definition) is 1. The van der Waals surface area contributed by atoms with Gasteiger partial charge in [0.25, 0.3) is 0 Å². The number of halogens is 4. The second kappa shape index (κ2) is 6.93. The third kappa shape index (κ3) is 6.72. The van der Waals surface area contributed by atoms with Crippen molar-refractivity contribution in [3.8, 4) is 11.8 Å². The minimum absolute atomic E-state index is 0.0528. The quantitative estimate of drug-likeness (QED) is 0.781. The molecular formula is C15H15ClF3NO2. The molecule has 0 saturated heterocycles. The highest BCUT2D eigenvalue weighted by Crippen LogP contribution is 2.31. The van der Waals surface area contributed by atoms with Crippen molar-refractivity contribution in [3.63, 3.8) is 0 Å². The van der Waals surface area contributed by atoms with Gasteiger partial charge in [0.15, 0.2) is 0 Å². The maximum absolute atomic E-state index is 12.6. The Labute approximate surface area is 131 Å². The van der Waals surface area contributed by atoms with Crippen LogP contribution in [0.3, 0.4) is 0 Å². The lowest BCUT2D eigenvalue weighted by Gasteiger charge is -2.19. The van der Waals surface area contributed by atoms with Crippen molar-refractivity contribution < 1.29 is 22.7 Å². The summed E-state index contributed by atoms with van der Waals surface area (Å²) in [5.41, 5.74) is -1.39. The summed E-state index contributed by atoms with van der Waals surface area (Å²) >= 11 is 5.63. The van der Waals surface area contributed by atoms with E-state index in [-0.39, 0.29) is 17.1 Å². The fourth-order valence-electron chi connectivity index (χ4n) is 1.40. The molecule has 22 heavy (non-hydrogen) atoms. The minimum Gasteiger partial charge on any atom is -0.444 e. The van der Waals surface area contributed by atoms with Crippen LogP contribution in [-0.2, 0) is 10.9 Å². The lowest BCUT2D eigenvalue weighted by atomic mass is 10.1. The highest BCUT2D eigenvalue weighted by atomic mass is 35.5. The molecule has 0 heterocycles. The average Bonchev–Trinajstić information content (AvgIpc) is 2.30. The van der Waals surface area contributed by atoms with E-state index in [9.17, 15) is 18.0 Å². The number of alkyl carbamates (subject to hydrolysis) is 1. The van der Waals surface area contributed by atoms with Crippen molar-refractivity contribution in [1.82, 2.24) is 5.32 Å². The van der Waals surface area contributed by atoms with Crippen molar-refractivity contribution in [2.45, 2.75) is 32.5 Å². The van der Waals surface area contributed by atoms with Crippen LogP contribution < -0.4 is 5.32 Å². The van der Waals surface area contributed by atoms with Gasteiger partial charge < -0.3 is 10.1 Å². The first-order valence-electron chi connectivity index (χ1n) is 6.31. The molecule has 1 aromatic carbocycles. The number of hydrogen-bond acceptors (Lipinski definition) is 2. The Hall–Kier alpha value is -1.87. The Morgan fingerprint density at radius 3 is 2.45 bits per heavy atom. The number of benzene rings is 1. The summed E-state index contributed by atoms with van der Waals surface area (Å²) in [5, 5.41) is 2.32. The van der Waals surface area contributed by atoms with E-state index in [2.05, 4.69) is 17.2 Å². The zero-order valence-corrected chi connectivity index (χ0v) is 13.0. The lowest BCUT2D eigenvalue weighted by Crippen LogP contribution is -2.32. The van der Waals surface area contributed by atoms with Crippen molar-refractivity contribution in [2.24, 2.45) is 0 Å². The topological polar surface area (TPSA) is 38.3 Å². The van der Waals surface area contributed by atoms with E-state index in [1.165, 1.54) is 6.07 Å². The number of carbonyl (C=O) groups excluding carboxylic acids is 1. The zero-order chi connectivity index (χ0) is 17.0. The monoisotopic (exact) mass is 333 g/mol. The van der Waals surface area contributed by atoms with E-state index in [0.29, 0.717) is 0 Å². The van der Waals surface area contributed by atoms with E-state index >= 15 is 0 Å². The van der Waals surface area contributed by atoms with Gasteiger partial charge >= 0.3 is 12.3 Å². The second-order valence-electron chi connectivity index (χ2n) is 5.38. The predicted molar refractivity (Wildman–Crippen MR) is 77.6 cm³/mol. The van der Waals surface area contributed by atoms with Gasteiger partial charge in [0.05, 0.1) is 12.1 Å². The van der Waals surface area contributed by atoms with Crippen LogP contribution in [0.1, 0.15) is 31.9 Å². The van der Waals surface area contributed by atoms with Gasteiger partial charge in [0.1, 0.15) is 5.60 Å². The summed E-state index contributed by atoms with van der Waals surface area (Å²) in [6, 6.07) is 3.04. The van der Waals surface area contributed by atoms with Crippen LogP contribution in [0.4, 0.5) is 18.0 Å². The molecule has 0 aliphatic rings. The molecule has 120 valence electrons. The van der Waals surface area contributed by atoms with Crippen molar-refractivity contribution in [3.05, 3.63) is 34.3 Å². The summed E-state index contributed by atoms with van der Waals surface area (Å²) in [7, 11) is 0. The highest BCUT2D eigenvalue weighted by Gasteiger charge is 2.30. The van der Waals surface area contributed by atoms with Gasteiger partial charge in [-0.25, -0.2) is 4.79 Å². The number of carbonyl (C=O) groups is 1. The third-order valence-corrected chi connectivity index (χ3v) is 2.40. The number of rotatable bonds is 1. The smallest absolute Gasteiger partial charge is 0.416 e. The summed E-state index contributed by atoms with van der Waals surface area (Å²) in [6.45, 7) is 5.08. The zero-order valence-electron chi connectivity index (χ0n) is 12.3. The second-order valence-corrected chi connectivity index (χ2v) is 5.82. The Morgan fingerprint density at radius 1 is 1.27 bits per heavy atom. The number of ether oxygens (including phenoxy) is 1. The SMILES string of the molecule is CC(C)(C)OC(=O)NCC#Cc1cc(Cl)cc(C(F)(F)F)c1. The molecule has 1 rings (SSSR count).